The number of aromatic nitrogens is 1. The standard InChI is InChI=1S/C21H19BrN4O3/c1-13-7-8-18(11-20(13)22)25-14(2)9-17(15(25)3)12-23-24-21(27)16-5-4-6-19(10-16)26(28)29/h4-12H,1-3H3,(H,24,27)/b23-12-. The molecule has 7 nitrogen and oxygen atoms in total. The summed E-state index contributed by atoms with van der Waals surface area (Å²) in [5.74, 6) is -0.513. The molecule has 1 amide bonds. The van der Waals surface area contributed by atoms with Gasteiger partial charge in [-0.1, -0.05) is 28.1 Å². The first-order chi connectivity index (χ1) is 13.8. The topological polar surface area (TPSA) is 89.5 Å². The molecule has 2 aromatic carbocycles. The minimum atomic E-state index is -0.543. The number of hydrogen-bond donors (Lipinski definition) is 1. The quantitative estimate of drug-likeness (QED) is 0.339. The van der Waals surface area contributed by atoms with Gasteiger partial charge in [0, 0.05) is 44.8 Å². The Labute approximate surface area is 176 Å². The number of carbonyl (C=O) groups excluding carboxylic acids is 1. The van der Waals surface area contributed by atoms with Crippen LogP contribution in [-0.4, -0.2) is 21.6 Å². The van der Waals surface area contributed by atoms with Crippen LogP contribution in [0.15, 0.2) is 58.1 Å². The third-order valence-corrected chi connectivity index (χ3v) is 5.43. The lowest BCUT2D eigenvalue weighted by Gasteiger charge is -2.11. The van der Waals surface area contributed by atoms with E-state index >= 15 is 0 Å². The lowest BCUT2D eigenvalue weighted by atomic mass is 10.2. The normalized spacial score (nSPS) is 11.0. The van der Waals surface area contributed by atoms with Crippen molar-refractivity contribution in [3.05, 3.63) is 91.2 Å². The molecule has 1 heterocycles. The van der Waals surface area contributed by atoms with Crippen molar-refractivity contribution in [3.8, 4) is 5.69 Å². The van der Waals surface area contributed by atoms with Gasteiger partial charge in [0.15, 0.2) is 0 Å². The molecule has 8 heteroatoms. The minimum Gasteiger partial charge on any atom is -0.318 e. The Kier molecular flexibility index (Phi) is 5.93. The number of benzene rings is 2. The van der Waals surface area contributed by atoms with Gasteiger partial charge < -0.3 is 4.57 Å². The van der Waals surface area contributed by atoms with E-state index in [4.69, 9.17) is 0 Å². The highest BCUT2D eigenvalue weighted by atomic mass is 79.9. The molecule has 148 valence electrons. The number of nitro groups is 1. The van der Waals surface area contributed by atoms with Crippen molar-refractivity contribution >= 4 is 33.7 Å². The third-order valence-electron chi connectivity index (χ3n) is 4.57. The monoisotopic (exact) mass is 454 g/mol. The Hall–Kier alpha value is -3.26. The minimum absolute atomic E-state index is 0.144. The first-order valence-electron chi connectivity index (χ1n) is 8.81. The van der Waals surface area contributed by atoms with Crippen molar-refractivity contribution in [2.75, 3.05) is 0 Å². The second kappa shape index (κ2) is 8.40. The highest BCUT2D eigenvalue weighted by Gasteiger charge is 2.12. The number of hydrogen-bond acceptors (Lipinski definition) is 4. The third kappa shape index (κ3) is 4.43. The number of amides is 1. The number of carbonyl (C=O) groups is 1. The lowest BCUT2D eigenvalue weighted by Crippen LogP contribution is -2.17. The van der Waals surface area contributed by atoms with Crippen molar-refractivity contribution in [1.82, 2.24) is 9.99 Å². The summed E-state index contributed by atoms with van der Waals surface area (Å²) < 4.78 is 3.13. The summed E-state index contributed by atoms with van der Waals surface area (Å²) in [5, 5.41) is 14.9. The molecule has 3 aromatic rings. The molecule has 0 radical (unpaired) electrons. The van der Waals surface area contributed by atoms with E-state index in [9.17, 15) is 14.9 Å². The predicted octanol–water partition coefficient (Wildman–Crippen LogP) is 4.84. The molecule has 0 atom stereocenters. The molecule has 0 aliphatic rings. The van der Waals surface area contributed by atoms with Crippen molar-refractivity contribution in [2.45, 2.75) is 20.8 Å². The molecule has 0 saturated carbocycles. The van der Waals surface area contributed by atoms with Crippen LogP contribution in [0, 0.1) is 30.9 Å². The highest BCUT2D eigenvalue weighted by molar-refractivity contribution is 9.10. The molecule has 1 aromatic heterocycles. The number of hydrazone groups is 1. The molecular formula is C21H19BrN4O3. The average molecular weight is 455 g/mol. The number of rotatable bonds is 5. The highest BCUT2D eigenvalue weighted by Crippen LogP contribution is 2.24. The smallest absolute Gasteiger partial charge is 0.271 e. The maximum atomic E-state index is 12.2. The van der Waals surface area contributed by atoms with E-state index in [1.165, 1.54) is 24.3 Å². The lowest BCUT2D eigenvalue weighted by molar-refractivity contribution is -0.384. The number of nitro benzene ring substituents is 1. The van der Waals surface area contributed by atoms with E-state index in [-0.39, 0.29) is 11.3 Å². The second-order valence-electron chi connectivity index (χ2n) is 6.60. The van der Waals surface area contributed by atoms with E-state index < -0.39 is 10.8 Å². The van der Waals surface area contributed by atoms with Crippen LogP contribution in [0.4, 0.5) is 5.69 Å². The molecule has 3 rings (SSSR count). The van der Waals surface area contributed by atoms with E-state index in [1.54, 1.807) is 6.21 Å². The van der Waals surface area contributed by atoms with Gasteiger partial charge in [-0.15, -0.1) is 0 Å². The van der Waals surface area contributed by atoms with Gasteiger partial charge in [0.1, 0.15) is 0 Å². The average Bonchev–Trinajstić information content (AvgIpc) is 2.97. The van der Waals surface area contributed by atoms with Gasteiger partial charge in [-0.25, -0.2) is 5.43 Å². The number of non-ortho nitro benzene ring substituents is 1. The number of nitrogens with one attached hydrogen (secondary N) is 1. The Morgan fingerprint density at radius 2 is 1.93 bits per heavy atom. The predicted molar refractivity (Wildman–Crippen MR) is 116 cm³/mol. The van der Waals surface area contributed by atoms with Crippen LogP contribution in [0.5, 0.6) is 0 Å². The fourth-order valence-electron chi connectivity index (χ4n) is 3.02. The maximum Gasteiger partial charge on any atom is 0.271 e. The Morgan fingerprint density at radius 1 is 1.17 bits per heavy atom. The molecule has 29 heavy (non-hydrogen) atoms. The van der Waals surface area contributed by atoms with Gasteiger partial charge in [-0.2, -0.15) is 5.10 Å². The first kappa shape index (κ1) is 20.5. The Morgan fingerprint density at radius 3 is 2.62 bits per heavy atom. The van der Waals surface area contributed by atoms with Gasteiger partial charge in [0.05, 0.1) is 11.1 Å². The zero-order valence-corrected chi connectivity index (χ0v) is 17.7. The second-order valence-corrected chi connectivity index (χ2v) is 7.46. The van der Waals surface area contributed by atoms with Gasteiger partial charge in [0.2, 0.25) is 0 Å². The number of aryl methyl sites for hydroxylation is 2. The van der Waals surface area contributed by atoms with E-state index in [1.807, 2.05) is 39.0 Å². The summed E-state index contributed by atoms with van der Waals surface area (Å²) in [6.45, 7) is 6.01. The molecule has 1 N–H and O–H groups in total. The van der Waals surface area contributed by atoms with Crippen LogP contribution >= 0.6 is 15.9 Å². The van der Waals surface area contributed by atoms with Crippen molar-refractivity contribution in [1.29, 1.82) is 0 Å². The maximum absolute atomic E-state index is 12.2. The SMILES string of the molecule is Cc1ccc(-n2c(C)cc(/C=N\NC(=O)c3cccc([N+](=O)[O-])c3)c2C)cc1Br. The summed E-state index contributed by atoms with van der Waals surface area (Å²) in [4.78, 5) is 22.5. The fraction of sp³-hybridized carbons (Fsp3) is 0.143. The summed E-state index contributed by atoms with van der Waals surface area (Å²) >= 11 is 3.56. The van der Waals surface area contributed by atoms with Crippen molar-refractivity contribution in [2.24, 2.45) is 5.10 Å². The fourth-order valence-corrected chi connectivity index (χ4v) is 3.39. The zero-order chi connectivity index (χ0) is 21.1. The summed E-state index contributed by atoms with van der Waals surface area (Å²) in [7, 11) is 0. The molecular weight excluding hydrogens is 436 g/mol. The number of nitrogens with zero attached hydrogens (tertiary/aromatic N) is 3. The van der Waals surface area contributed by atoms with Crippen LogP contribution in [0.25, 0.3) is 5.69 Å². The van der Waals surface area contributed by atoms with Gasteiger partial charge in [-0.3, -0.25) is 14.9 Å². The van der Waals surface area contributed by atoms with Crippen molar-refractivity contribution < 1.29 is 9.72 Å². The van der Waals surface area contributed by atoms with E-state index in [0.29, 0.717) is 0 Å². The molecule has 0 spiro atoms. The Balaban J connectivity index is 1.79. The molecule has 0 bridgehead atoms. The Bertz CT molecular complexity index is 1130. The molecule has 0 aliphatic heterocycles. The van der Waals surface area contributed by atoms with E-state index in [2.05, 4.69) is 37.1 Å². The van der Waals surface area contributed by atoms with Gasteiger partial charge >= 0.3 is 0 Å². The first-order valence-corrected chi connectivity index (χ1v) is 9.60. The van der Waals surface area contributed by atoms with Crippen molar-refractivity contribution in [3.63, 3.8) is 0 Å². The van der Waals surface area contributed by atoms with Crippen LogP contribution in [0.3, 0.4) is 0 Å². The summed E-state index contributed by atoms with van der Waals surface area (Å²) in [6.07, 6.45) is 1.57. The van der Waals surface area contributed by atoms with Crippen LogP contribution in [0.1, 0.15) is 32.9 Å². The zero-order valence-electron chi connectivity index (χ0n) is 16.1. The van der Waals surface area contributed by atoms with Crippen LogP contribution < -0.4 is 5.43 Å². The molecule has 0 aliphatic carbocycles. The molecule has 0 unspecified atom stereocenters. The van der Waals surface area contributed by atoms with Crippen LogP contribution in [0.2, 0.25) is 0 Å². The van der Waals surface area contributed by atoms with Gasteiger partial charge in [-0.05, 0) is 50.6 Å². The number of halogens is 1. The summed E-state index contributed by atoms with van der Waals surface area (Å²) in [5.41, 5.74) is 7.50. The molecule has 0 fully saturated rings. The molecule has 0 saturated heterocycles. The summed E-state index contributed by atoms with van der Waals surface area (Å²) in [6, 6.07) is 13.6. The van der Waals surface area contributed by atoms with Crippen LogP contribution in [-0.2, 0) is 0 Å². The largest absolute Gasteiger partial charge is 0.318 e. The van der Waals surface area contributed by atoms with Gasteiger partial charge in [0.25, 0.3) is 11.6 Å². The van der Waals surface area contributed by atoms with E-state index in [0.717, 1.165) is 32.7 Å².